The molecule has 5 rings (SSSR count). The Bertz CT molecular complexity index is 1290. The first-order chi connectivity index (χ1) is 16.1. The number of hydrogen-bond acceptors (Lipinski definition) is 5. The Kier molecular flexibility index (Phi) is 6.28. The van der Waals surface area contributed by atoms with Crippen LogP contribution in [-0.2, 0) is 0 Å². The van der Waals surface area contributed by atoms with Crippen LogP contribution in [0.2, 0.25) is 5.02 Å². The highest BCUT2D eigenvalue weighted by Crippen LogP contribution is 2.30. The van der Waals surface area contributed by atoms with Crippen molar-refractivity contribution in [3.05, 3.63) is 76.1 Å². The molecule has 1 aromatic carbocycles. The number of halogens is 2. The van der Waals surface area contributed by atoms with E-state index in [-0.39, 0.29) is 5.91 Å². The number of pyridine rings is 1. The molecule has 1 aliphatic rings. The van der Waals surface area contributed by atoms with Gasteiger partial charge in [-0.3, -0.25) is 9.78 Å². The zero-order valence-corrected chi connectivity index (χ0v) is 20.1. The summed E-state index contributed by atoms with van der Waals surface area (Å²) < 4.78 is 2.59. The van der Waals surface area contributed by atoms with Gasteiger partial charge in [-0.15, -0.1) is 0 Å². The highest BCUT2D eigenvalue weighted by atomic mass is 79.9. The molecule has 1 N–H and O–H groups in total. The second kappa shape index (κ2) is 9.49. The second-order valence-electron chi connectivity index (χ2n) is 8.09. The van der Waals surface area contributed by atoms with E-state index in [4.69, 9.17) is 16.6 Å². The predicted molar refractivity (Wildman–Crippen MR) is 132 cm³/mol. The Morgan fingerprint density at radius 2 is 2.06 bits per heavy atom. The predicted octanol–water partition coefficient (Wildman–Crippen LogP) is 5.17. The number of rotatable bonds is 5. The minimum absolute atomic E-state index is 0.0105. The minimum atomic E-state index is -0.0105. The number of hydrogen-bond donors (Lipinski definition) is 1. The Morgan fingerprint density at radius 1 is 1.21 bits per heavy atom. The topological polar surface area (TPSA) is 75.4 Å². The normalized spacial score (nSPS) is 16.2. The molecule has 9 heteroatoms. The molecular formula is C24H22BrClN6O. The van der Waals surface area contributed by atoms with Gasteiger partial charge >= 0.3 is 0 Å². The van der Waals surface area contributed by atoms with E-state index in [1.54, 1.807) is 23.0 Å². The molecule has 7 nitrogen and oxygen atoms in total. The first kappa shape index (κ1) is 21.9. The molecule has 168 valence electrons. The number of nitrogens with zero attached hydrogens (tertiary/aromatic N) is 5. The first-order valence-electron chi connectivity index (χ1n) is 10.8. The molecule has 1 unspecified atom stereocenters. The fourth-order valence-electron chi connectivity index (χ4n) is 4.19. The van der Waals surface area contributed by atoms with Crippen molar-refractivity contribution in [1.29, 1.82) is 0 Å². The van der Waals surface area contributed by atoms with Crippen molar-refractivity contribution >= 4 is 44.9 Å². The molecular weight excluding hydrogens is 504 g/mol. The van der Waals surface area contributed by atoms with Gasteiger partial charge in [-0.25, -0.2) is 4.98 Å². The van der Waals surface area contributed by atoms with E-state index in [1.807, 2.05) is 47.4 Å². The van der Waals surface area contributed by atoms with Crippen molar-refractivity contribution in [3.8, 4) is 11.3 Å². The number of piperidine rings is 1. The fourth-order valence-corrected chi connectivity index (χ4v) is 4.77. The number of fused-ring (bicyclic) bond motifs is 1. The molecule has 0 bridgehead atoms. The number of carbonyl (C=O) groups excluding carboxylic acids is 1. The SMILES string of the molecule is O=C(c1ccccn1)N1CCCC(CNc2cc(-c3ccccc3Cl)nc3c(Br)cnn23)C1. The van der Waals surface area contributed by atoms with Gasteiger partial charge in [0.2, 0.25) is 0 Å². The van der Waals surface area contributed by atoms with Crippen LogP contribution in [-0.4, -0.2) is 50.0 Å². The summed E-state index contributed by atoms with van der Waals surface area (Å²) in [7, 11) is 0. The van der Waals surface area contributed by atoms with E-state index in [9.17, 15) is 4.79 Å². The van der Waals surface area contributed by atoms with E-state index in [1.165, 1.54) is 0 Å². The van der Waals surface area contributed by atoms with E-state index in [0.717, 1.165) is 40.9 Å². The lowest BCUT2D eigenvalue weighted by Gasteiger charge is -2.32. The van der Waals surface area contributed by atoms with Crippen molar-refractivity contribution in [2.75, 3.05) is 25.0 Å². The first-order valence-corrected chi connectivity index (χ1v) is 12.0. The third-order valence-corrected chi connectivity index (χ3v) is 6.73. The molecule has 0 aliphatic carbocycles. The summed E-state index contributed by atoms with van der Waals surface area (Å²) in [6.07, 6.45) is 5.41. The third kappa shape index (κ3) is 4.58. The Hall–Kier alpha value is -2.97. The summed E-state index contributed by atoms with van der Waals surface area (Å²) in [6.45, 7) is 2.16. The number of aromatic nitrogens is 4. The summed E-state index contributed by atoms with van der Waals surface area (Å²) in [5.74, 6) is 1.13. The maximum absolute atomic E-state index is 12.8. The number of benzene rings is 1. The molecule has 3 aromatic heterocycles. The Morgan fingerprint density at radius 3 is 2.88 bits per heavy atom. The maximum Gasteiger partial charge on any atom is 0.272 e. The van der Waals surface area contributed by atoms with Crippen LogP contribution in [0.15, 0.2) is 65.4 Å². The van der Waals surface area contributed by atoms with Crippen LogP contribution >= 0.6 is 27.5 Å². The van der Waals surface area contributed by atoms with Crippen LogP contribution in [0.25, 0.3) is 16.9 Å². The number of nitrogens with one attached hydrogen (secondary N) is 1. The van der Waals surface area contributed by atoms with Crippen LogP contribution in [0.4, 0.5) is 5.82 Å². The summed E-state index contributed by atoms with van der Waals surface area (Å²) in [5.41, 5.74) is 2.84. The molecule has 4 aromatic rings. The van der Waals surface area contributed by atoms with Crippen molar-refractivity contribution in [1.82, 2.24) is 24.5 Å². The van der Waals surface area contributed by atoms with Gasteiger partial charge in [-0.05, 0) is 52.9 Å². The molecule has 0 saturated carbocycles. The van der Waals surface area contributed by atoms with Gasteiger partial charge in [-0.2, -0.15) is 9.61 Å². The Balaban J connectivity index is 1.36. The zero-order valence-electron chi connectivity index (χ0n) is 17.8. The van der Waals surface area contributed by atoms with Gasteiger partial charge in [-0.1, -0.05) is 35.9 Å². The lowest BCUT2D eigenvalue weighted by Crippen LogP contribution is -2.42. The molecule has 0 radical (unpaired) electrons. The number of carbonyl (C=O) groups is 1. The van der Waals surface area contributed by atoms with Gasteiger partial charge in [0.1, 0.15) is 11.5 Å². The number of anilines is 1. The van der Waals surface area contributed by atoms with E-state index in [2.05, 4.69) is 31.3 Å². The maximum atomic E-state index is 12.8. The third-order valence-electron chi connectivity index (χ3n) is 5.84. The molecule has 4 heterocycles. The van der Waals surface area contributed by atoms with Gasteiger partial charge in [0.05, 0.1) is 16.4 Å². The number of amides is 1. The Labute approximate surface area is 204 Å². The van der Waals surface area contributed by atoms with Crippen molar-refractivity contribution in [2.45, 2.75) is 12.8 Å². The molecule has 1 aliphatic heterocycles. The van der Waals surface area contributed by atoms with Gasteiger partial charge in [0, 0.05) is 42.5 Å². The van der Waals surface area contributed by atoms with Crippen LogP contribution in [0.3, 0.4) is 0 Å². The molecule has 1 amide bonds. The van der Waals surface area contributed by atoms with Gasteiger partial charge in [0.15, 0.2) is 5.65 Å². The second-order valence-corrected chi connectivity index (χ2v) is 9.35. The lowest BCUT2D eigenvalue weighted by molar-refractivity contribution is 0.0674. The fraction of sp³-hybridized carbons (Fsp3) is 0.250. The highest BCUT2D eigenvalue weighted by molar-refractivity contribution is 9.10. The van der Waals surface area contributed by atoms with Gasteiger partial charge < -0.3 is 10.2 Å². The van der Waals surface area contributed by atoms with E-state index >= 15 is 0 Å². The zero-order chi connectivity index (χ0) is 22.8. The quantitative estimate of drug-likeness (QED) is 0.389. The summed E-state index contributed by atoms with van der Waals surface area (Å²) in [6, 6.07) is 15.1. The summed E-state index contributed by atoms with van der Waals surface area (Å²) in [4.78, 5) is 23.7. The van der Waals surface area contributed by atoms with Crippen LogP contribution in [0, 0.1) is 5.92 Å². The smallest absolute Gasteiger partial charge is 0.272 e. The van der Waals surface area contributed by atoms with E-state index < -0.39 is 0 Å². The van der Waals surface area contributed by atoms with E-state index in [0.29, 0.717) is 35.4 Å². The monoisotopic (exact) mass is 524 g/mol. The van der Waals surface area contributed by atoms with Gasteiger partial charge in [0.25, 0.3) is 5.91 Å². The summed E-state index contributed by atoms with van der Waals surface area (Å²) in [5, 5.41) is 8.65. The largest absolute Gasteiger partial charge is 0.370 e. The molecule has 0 spiro atoms. The molecule has 1 atom stereocenters. The molecule has 1 fully saturated rings. The van der Waals surface area contributed by atoms with Crippen LogP contribution < -0.4 is 5.32 Å². The van der Waals surface area contributed by atoms with Crippen LogP contribution in [0.1, 0.15) is 23.3 Å². The standard InChI is InChI=1S/C24H22BrClN6O/c25-18-14-29-32-22(12-21(30-23(18)32)17-7-1-2-8-19(17)26)28-13-16-6-5-11-31(15-16)24(33)20-9-3-4-10-27-20/h1-4,7-10,12,14,16,28H,5-6,11,13,15H2. The van der Waals surface area contributed by atoms with Crippen LogP contribution in [0.5, 0.6) is 0 Å². The average Bonchev–Trinajstić information content (AvgIpc) is 3.24. The summed E-state index contributed by atoms with van der Waals surface area (Å²) >= 11 is 9.98. The highest BCUT2D eigenvalue weighted by Gasteiger charge is 2.25. The minimum Gasteiger partial charge on any atom is -0.370 e. The van der Waals surface area contributed by atoms with Crippen molar-refractivity contribution in [3.63, 3.8) is 0 Å². The lowest BCUT2D eigenvalue weighted by atomic mass is 9.97. The van der Waals surface area contributed by atoms with Crippen molar-refractivity contribution < 1.29 is 4.79 Å². The average molecular weight is 526 g/mol. The number of likely N-dealkylation sites (tertiary alicyclic amines) is 1. The van der Waals surface area contributed by atoms with Crippen molar-refractivity contribution in [2.24, 2.45) is 5.92 Å². The molecule has 33 heavy (non-hydrogen) atoms. The molecule has 1 saturated heterocycles.